The van der Waals surface area contributed by atoms with Gasteiger partial charge in [-0.3, -0.25) is 0 Å². The van der Waals surface area contributed by atoms with Crippen molar-refractivity contribution in [2.24, 2.45) is 0 Å². The molecule has 0 bridgehead atoms. The molecule has 1 aromatic heterocycles. The number of hydrogen-bond acceptors (Lipinski definition) is 3. The number of rotatable bonds is 3. The molecule has 12 heavy (non-hydrogen) atoms. The van der Waals surface area contributed by atoms with Gasteiger partial charge in [0.2, 0.25) is 0 Å². The zero-order valence-corrected chi connectivity index (χ0v) is 7.95. The minimum absolute atomic E-state index is 0.730. The Kier molecular flexibility index (Phi) is 7.49. The van der Waals surface area contributed by atoms with Crippen molar-refractivity contribution in [3.05, 3.63) is 24.3 Å². The second-order valence-electron chi connectivity index (χ2n) is 1.99. The summed E-state index contributed by atoms with van der Waals surface area (Å²) in [5.74, 6) is 0. The largest absolute Gasteiger partial charge is 0.384 e. The summed E-state index contributed by atoms with van der Waals surface area (Å²) in [4.78, 5) is 7.74. The Morgan fingerprint density at radius 3 is 2.33 bits per heavy atom. The number of hydrogen-bond donors (Lipinski definition) is 0. The van der Waals surface area contributed by atoms with Gasteiger partial charge in [-0.2, -0.15) is 0 Å². The van der Waals surface area contributed by atoms with E-state index in [1.807, 2.05) is 13.8 Å². The molecule has 3 nitrogen and oxygen atoms in total. The monoisotopic (exact) mass is 168 g/mol. The molecule has 0 aliphatic heterocycles. The zero-order valence-electron chi connectivity index (χ0n) is 7.95. The minimum atomic E-state index is 0.730. The van der Waals surface area contributed by atoms with Crippen LogP contribution in [0.5, 0.6) is 0 Å². The van der Waals surface area contributed by atoms with E-state index in [2.05, 4.69) is 9.97 Å². The molecule has 0 spiro atoms. The van der Waals surface area contributed by atoms with Crippen LogP contribution in [0, 0.1) is 0 Å². The quantitative estimate of drug-likeness (QED) is 0.689. The SMILES string of the molecule is CC.COCCc1cncnc1. The van der Waals surface area contributed by atoms with E-state index in [1.54, 1.807) is 19.5 Å². The average Bonchev–Trinajstić information content (AvgIpc) is 2.19. The van der Waals surface area contributed by atoms with Crippen molar-refractivity contribution in [2.45, 2.75) is 20.3 Å². The van der Waals surface area contributed by atoms with Gasteiger partial charge >= 0.3 is 0 Å². The van der Waals surface area contributed by atoms with Crippen LogP contribution in [0.3, 0.4) is 0 Å². The first kappa shape index (κ1) is 11.0. The summed E-state index contributed by atoms with van der Waals surface area (Å²) in [6, 6.07) is 0. The van der Waals surface area contributed by atoms with Crippen molar-refractivity contribution in [1.82, 2.24) is 9.97 Å². The van der Waals surface area contributed by atoms with E-state index < -0.39 is 0 Å². The third-order valence-corrected chi connectivity index (χ3v) is 1.21. The van der Waals surface area contributed by atoms with Gasteiger partial charge in [0.05, 0.1) is 6.61 Å². The maximum Gasteiger partial charge on any atom is 0.115 e. The second kappa shape index (κ2) is 8.14. The molecule has 0 aromatic carbocycles. The van der Waals surface area contributed by atoms with Crippen LogP contribution < -0.4 is 0 Å². The third-order valence-electron chi connectivity index (χ3n) is 1.21. The summed E-state index contributed by atoms with van der Waals surface area (Å²) in [5.41, 5.74) is 1.12. The van der Waals surface area contributed by atoms with E-state index in [0.717, 1.165) is 18.6 Å². The van der Waals surface area contributed by atoms with Crippen molar-refractivity contribution in [3.63, 3.8) is 0 Å². The van der Waals surface area contributed by atoms with Gasteiger partial charge in [-0.25, -0.2) is 9.97 Å². The Bertz CT molecular complexity index is 177. The highest BCUT2D eigenvalue weighted by molar-refractivity contribution is 5.01. The van der Waals surface area contributed by atoms with Crippen LogP contribution in [0.2, 0.25) is 0 Å². The highest BCUT2D eigenvalue weighted by Crippen LogP contribution is 1.93. The predicted octanol–water partition coefficient (Wildman–Crippen LogP) is 1.69. The molecule has 1 rings (SSSR count). The molecule has 0 amide bonds. The van der Waals surface area contributed by atoms with E-state index in [4.69, 9.17) is 4.74 Å². The first-order chi connectivity index (χ1) is 5.93. The fourth-order valence-corrected chi connectivity index (χ4v) is 0.679. The Labute approximate surface area is 73.8 Å². The summed E-state index contributed by atoms with van der Waals surface area (Å²) in [6.07, 6.45) is 6.01. The molecule has 0 aliphatic rings. The number of aromatic nitrogens is 2. The van der Waals surface area contributed by atoms with Crippen molar-refractivity contribution >= 4 is 0 Å². The molecule has 0 atom stereocenters. The lowest BCUT2D eigenvalue weighted by Gasteiger charge is -1.96. The van der Waals surface area contributed by atoms with E-state index in [9.17, 15) is 0 Å². The highest BCUT2D eigenvalue weighted by atomic mass is 16.5. The highest BCUT2D eigenvalue weighted by Gasteiger charge is 1.89. The van der Waals surface area contributed by atoms with Gasteiger partial charge in [-0.1, -0.05) is 13.8 Å². The molecular weight excluding hydrogens is 152 g/mol. The summed E-state index contributed by atoms with van der Waals surface area (Å²) < 4.78 is 4.89. The standard InChI is InChI=1S/C7H10N2O.C2H6/c1-10-3-2-7-4-8-6-9-5-7;1-2/h4-6H,2-3H2,1H3;1-2H3. The van der Waals surface area contributed by atoms with Gasteiger partial charge in [0.15, 0.2) is 0 Å². The maximum absolute atomic E-state index is 4.89. The van der Waals surface area contributed by atoms with Gasteiger partial charge in [-0.05, 0) is 12.0 Å². The van der Waals surface area contributed by atoms with E-state index in [1.165, 1.54) is 6.33 Å². The van der Waals surface area contributed by atoms with Crippen molar-refractivity contribution < 1.29 is 4.74 Å². The number of ether oxygens (including phenoxy) is 1. The predicted molar refractivity (Wildman–Crippen MR) is 49.0 cm³/mol. The van der Waals surface area contributed by atoms with Gasteiger partial charge in [0.25, 0.3) is 0 Å². The molecule has 0 aliphatic carbocycles. The number of nitrogens with zero attached hydrogens (tertiary/aromatic N) is 2. The molecule has 3 heteroatoms. The Hall–Kier alpha value is -0.960. The van der Waals surface area contributed by atoms with Gasteiger partial charge in [0, 0.05) is 19.5 Å². The fraction of sp³-hybridized carbons (Fsp3) is 0.556. The molecule has 0 fully saturated rings. The first-order valence-electron chi connectivity index (χ1n) is 4.16. The molecular formula is C9H16N2O. The lowest BCUT2D eigenvalue weighted by atomic mass is 10.3. The normalized spacial score (nSPS) is 8.58. The first-order valence-corrected chi connectivity index (χ1v) is 4.16. The molecule has 1 heterocycles. The van der Waals surface area contributed by atoms with E-state index >= 15 is 0 Å². The van der Waals surface area contributed by atoms with Crippen LogP contribution in [-0.4, -0.2) is 23.7 Å². The van der Waals surface area contributed by atoms with Gasteiger partial charge < -0.3 is 4.74 Å². The molecule has 0 unspecified atom stereocenters. The lowest BCUT2D eigenvalue weighted by molar-refractivity contribution is 0.202. The average molecular weight is 168 g/mol. The van der Waals surface area contributed by atoms with Crippen LogP contribution in [-0.2, 0) is 11.2 Å². The van der Waals surface area contributed by atoms with Gasteiger partial charge in [0.1, 0.15) is 6.33 Å². The van der Waals surface area contributed by atoms with Crippen molar-refractivity contribution in [2.75, 3.05) is 13.7 Å². The van der Waals surface area contributed by atoms with Crippen molar-refractivity contribution in [1.29, 1.82) is 0 Å². The molecule has 0 saturated heterocycles. The zero-order chi connectivity index (χ0) is 9.23. The van der Waals surface area contributed by atoms with Crippen LogP contribution in [0.15, 0.2) is 18.7 Å². The topological polar surface area (TPSA) is 35.0 Å². The molecule has 68 valence electrons. The minimum Gasteiger partial charge on any atom is -0.384 e. The van der Waals surface area contributed by atoms with E-state index in [-0.39, 0.29) is 0 Å². The summed E-state index contributed by atoms with van der Waals surface area (Å²) >= 11 is 0. The van der Waals surface area contributed by atoms with Crippen LogP contribution in [0.1, 0.15) is 19.4 Å². The van der Waals surface area contributed by atoms with E-state index in [0.29, 0.717) is 0 Å². The van der Waals surface area contributed by atoms with Gasteiger partial charge in [-0.15, -0.1) is 0 Å². The third kappa shape index (κ3) is 4.79. The Morgan fingerprint density at radius 2 is 1.83 bits per heavy atom. The molecule has 0 radical (unpaired) electrons. The smallest absolute Gasteiger partial charge is 0.115 e. The lowest BCUT2D eigenvalue weighted by Crippen LogP contribution is -1.95. The summed E-state index contributed by atoms with van der Waals surface area (Å²) in [7, 11) is 1.68. The van der Waals surface area contributed by atoms with Crippen LogP contribution in [0.25, 0.3) is 0 Å². The Balaban J connectivity index is 0.000000561. The maximum atomic E-state index is 4.89. The molecule has 1 aromatic rings. The number of methoxy groups -OCH3 is 1. The Morgan fingerprint density at radius 1 is 1.25 bits per heavy atom. The molecule has 0 saturated carbocycles. The van der Waals surface area contributed by atoms with Crippen LogP contribution in [0.4, 0.5) is 0 Å². The van der Waals surface area contributed by atoms with Crippen LogP contribution >= 0.6 is 0 Å². The fourth-order valence-electron chi connectivity index (χ4n) is 0.679. The van der Waals surface area contributed by atoms with Crippen molar-refractivity contribution in [3.8, 4) is 0 Å². The molecule has 0 N–H and O–H groups in total. The summed E-state index contributed by atoms with van der Waals surface area (Å²) in [6.45, 7) is 4.73. The summed E-state index contributed by atoms with van der Waals surface area (Å²) in [5, 5.41) is 0. The second-order valence-corrected chi connectivity index (χ2v) is 1.99.